The Morgan fingerprint density at radius 2 is 1.88 bits per heavy atom. The van der Waals surface area contributed by atoms with E-state index in [0.29, 0.717) is 32.0 Å². The summed E-state index contributed by atoms with van der Waals surface area (Å²) < 4.78 is 49.4. The van der Waals surface area contributed by atoms with Crippen molar-refractivity contribution in [1.82, 2.24) is 4.90 Å². The van der Waals surface area contributed by atoms with Gasteiger partial charge in [-0.15, -0.1) is 0 Å². The molecule has 0 aromatic heterocycles. The van der Waals surface area contributed by atoms with Crippen molar-refractivity contribution in [3.63, 3.8) is 0 Å². The third-order valence-electron chi connectivity index (χ3n) is 4.82. The Labute approximate surface area is 144 Å². The number of ether oxygens (including phenoxy) is 2. The third kappa shape index (κ3) is 2.97. The highest BCUT2D eigenvalue weighted by molar-refractivity contribution is 6.05. The Kier molecular flexibility index (Phi) is 4.45. The van der Waals surface area contributed by atoms with Gasteiger partial charge in [-0.05, 0) is 26.0 Å². The van der Waals surface area contributed by atoms with Gasteiger partial charge in [-0.3, -0.25) is 14.6 Å². The number of methoxy groups -OCH3 is 1. The number of rotatable bonds is 3. The van der Waals surface area contributed by atoms with Crippen LogP contribution in [0.2, 0.25) is 0 Å². The van der Waals surface area contributed by atoms with Crippen LogP contribution in [0.5, 0.6) is 5.75 Å². The second-order valence-electron chi connectivity index (χ2n) is 6.80. The minimum Gasteiger partial charge on any atom is -0.496 e. The minimum absolute atomic E-state index is 0.120. The summed E-state index contributed by atoms with van der Waals surface area (Å²) in [5.41, 5.74) is -1.05. The highest BCUT2D eigenvalue weighted by atomic mass is 19.4. The molecular formula is C17H21F3N2O3. The Balaban J connectivity index is 1.95. The van der Waals surface area contributed by atoms with E-state index in [-0.39, 0.29) is 17.8 Å². The van der Waals surface area contributed by atoms with Gasteiger partial charge in [0, 0.05) is 24.8 Å². The highest BCUT2D eigenvalue weighted by Crippen LogP contribution is 2.46. The molecule has 0 bridgehead atoms. The van der Waals surface area contributed by atoms with Gasteiger partial charge >= 0.3 is 6.18 Å². The number of carbonyl (C=O) groups excluding carboxylic acids is 1. The number of hydrogen-bond donors (Lipinski definition) is 0. The predicted molar refractivity (Wildman–Crippen MR) is 85.4 cm³/mol. The second kappa shape index (κ2) is 6.17. The molecule has 0 spiro atoms. The van der Waals surface area contributed by atoms with Crippen LogP contribution < -0.4 is 9.64 Å². The topological polar surface area (TPSA) is 42.0 Å². The highest BCUT2D eigenvalue weighted by Gasteiger charge is 2.57. The van der Waals surface area contributed by atoms with Gasteiger partial charge < -0.3 is 9.47 Å². The van der Waals surface area contributed by atoms with Crippen molar-refractivity contribution in [2.24, 2.45) is 5.41 Å². The molecule has 138 valence electrons. The summed E-state index contributed by atoms with van der Waals surface area (Å²) >= 11 is 0. The molecule has 25 heavy (non-hydrogen) atoms. The number of halogens is 3. The summed E-state index contributed by atoms with van der Waals surface area (Å²) in [6.07, 6.45) is -4.73. The zero-order valence-corrected chi connectivity index (χ0v) is 14.4. The van der Waals surface area contributed by atoms with Gasteiger partial charge in [-0.2, -0.15) is 13.2 Å². The molecule has 0 saturated carbocycles. The quantitative estimate of drug-likeness (QED) is 0.780. The summed E-state index contributed by atoms with van der Waals surface area (Å²) in [5.74, 6) is -0.408. The molecule has 5 nitrogen and oxygen atoms in total. The van der Waals surface area contributed by atoms with Crippen LogP contribution in [0.1, 0.15) is 19.4 Å². The number of amides is 1. The number of β-lactam (4-membered cyclic amide) rings is 1. The van der Waals surface area contributed by atoms with E-state index in [1.54, 1.807) is 4.90 Å². The van der Waals surface area contributed by atoms with Gasteiger partial charge in [0.25, 0.3) is 0 Å². The summed E-state index contributed by atoms with van der Waals surface area (Å²) in [4.78, 5) is 16.3. The Morgan fingerprint density at radius 1 is 1.24 bits per heavy atom. The molecule has 8 heteroatoms. The zero-order chi connectivity index (χ0) is 18.4. The van der Waals surface area contributed by atoms with E-state index >= 15 is 0 Å². The molecule has 2 fully saturated rings. The SMILES string of the molecule is COc1cc(N2C(=O)C(C)(C)C2N2CCOCC2)ccc1C(F)(F)F. The lowest BCUT2D eigenvalue weighted by Crippen LogP contribution is -2.74. The van der Waals surface area contributed by atoms with Crippen LogP contribution in [0.15, 0.2) is 18.2 Å². The van der Waals surface area contributed by atoms with Crippen molar-refractivity contribution in [2.75, 3.05) is 38.3 Å². The maximum absolute atomic E-state index is 13.0. The van der Waals surface area contributed by atoms with Crippen LogP contribution in [0.4, 0.5) is 18.9 Å². The fourth-order valence-electron chi connectivity index (χ4n) is 3.55. The Bertz CT molecular complexity index is 670. The van der Waals surface area contributed by atoms with E-state index in [2.05, 4.69) is 4.90 Å². The Morgan fingerprint density at radius 3 is 2.44 bits per heavy atom. The smallest absolute Gasteiger partial charge is 0.419 e. The lowest BCUT2D eigenvalue weighted by Gasteiger charge is -2.57. The molecule has 0 N–H and O–H groups in total. The summed E-state index contributed by atoms with van der Waals surface area (Å²) in [5, 5.41) is 0. The predicted octanol–water partition coefficient (Wildman–Crippen LogP) is 2.75. The number of nitrogens with zero attached hydrogens (tertiary/aromatic N) is 2. The van der Waals surface area contributed by atoms with Gasteiger partial charge in [0.1, 0.15) is 11.9 Å². The standard InChI is InChI=1S/C17H21F3N2O3/c1-16(2)14(21-6-8-25-9-7-21)22(15(16)23)11-4-5-12(17(18,19)20)13(10-11)24-3/h4-5,10,14H,6-9H2,1-3H3. The van der Waals surface area contributed by atoms with Crippen molar-refractivity contribution in [1.29, 1.82) is 0 Å². The van der Waals surface area contributed by atoms with E-state index in [1.165, 1.54) is 19.2 Å². The van der Waals surface area contributed by atoms with E-state index in [1.807, 2.05) is 13.8 Å². The van der Waals surface area contributed by atoms with Gasteiger partial charge in [0.05, 0.1) is 31.3 Å². The fraction of sp³-hybridized carbons (Fsp3) is 0.588. The van der Waals surface area contributed by atoms with Crippen LogP contribution in [0.25, 0.3) is 0 Å². The van der Waals surface area contributed by atoms with Crippen molar-refractivity contribution >= 4 is 11.6 Å². The first-order chi connectivity index (χ1) is 11.7. The van der Waals surface area contributed by atoms with Gasteiger partial charge in [-0.25, -0.2) is 0 Å². The van der Waals surface area contributed by atoms with E-state index < -0.39 is 17.2 Å². The van der Waals surface area contributed by atoms with Crippen molar-refractivity contribution in [3.8, 4) is 5.75 Å². The van der Waals surface area contributed by atoms with Crippen LogP contribution in [-0.2, 0) is 15.7 Å². The lowest BCUT2D eigenvalue weighted by molar-refractivity contribution is -0.147. The van der Waals surface area contributed by atoms with Crippen LogP contribution in [0, 0.1) is 5.41 Å². The third-order valence-corrected chi connectivity index (χ3v) is 4.82. The molecule has 2 saturated heterocycles. The summed E-state index contributed by atoms with van der Waals surface area (Å²) in [6, 6.07) is 3.57. The van der Waals surface area contributed by atoms with Gasteiger partial charge in [0.15, 0.2) is 0 Å². The maximum atomic E-state index is 13.0. The number of carbonyl (C=O) groups is 1. The van der Waals surface area contributed by atoms with Gasteiger partial charge in [0.2, 0.25) is 5.91 Å². The van der Waals surface area contributed by atoms with E-state index in [4.69, 9.17) is 9.47 Å². The van der Waals surface area contributed by atoms with Crippen LogP contribution in [-0.4, -0.2) is 50.4 Å². The van der Waals surface area contributed by atoms with Crippen molar-refractivity contribution in [3.05, 3.63) is 23.8 Å². The average Bonchev–Trinajstić information content (AvgIpc) is 2.58. The molecule has 2 aliphatic rings. The fourth-order valence-corrected chi connectivity index (χ4v) is 3.55. The van der Waals surface area contributed by atoms with Crippen LogP contribution in [0.3, 0.4) is 0 Å². The zero-order valence-electron chi connectivity index (χ0n) is 14.4. The summed E-state index contributed by atoms with van der Waals surface area (Å²) in [6.45, 7) is 6.21. The molecule has 1 aromatic rings. The first-order valence-corrected chi connectivity index (χ1v) is 8.08. The van der Waals surface area contributed by atoms with Crippen molar-refractivity contribution < 1.29 is 27.4 Å². The molecule has 1 atom stereocenters. The maximum Gasteiger partial charge on any atom is 0.419 e. The molecule has 1 unspecified atom stereocenters. The van der Waals surface area contributed by atoms with Crippen LogP contribution >= 0.6 is 0 Å². The number of alkyl halides is 3. The molecule has 2 aliphatic heterocycles. The molecule has 1 amide bonds. The lowest BCUT2D eigenvalue weighted by atomic mass is 9.77. The molecule has 2 heterocycles. The number of hydrogen-bond acceptors (Lipinski definition) is 4. The number of anilines is 1. The Hall–Kier alpha value is -1.80. The van der Waals surface area contributed by atoms with Crippen molar-refractivity contribution in [2.45, 2.75) is 26.2 Å². The normalized spacial score (nSPS) is 24.2. The van der Waals surface area contributed by atoms with Gasteiger partial charge in [-0.1, -0.05) is 0 Å². The number of morpholine rings is 1. The monoisotopic (exact) mass is 358 g/mol. The molecule has 0 aliphatic carbocycles. The average molecular weight is 358 g/mol. The number of benzene rings is 1. The molecule has 3 rings (SSSR count). The largest absolute Gasteiger partial charge is 0.496 e. The first kappa shape index (κ1) is 18.0. The minimum atomic E-state index is -4.51. The second-order valence-corrected chi connectivity index (χ2v) is 6.80. The van der Waals surface area contributed by atoms with E-state index in [0.717, 1.165) is 6.07 Å². The molecule has 0 radical (unpaired) electrons. The molecular weight excluding hydrogens is 337 g/mol. The molecule has 1 aromatic carbocycles. The van der Waals surface area contributed by atoms with E-state index in [9.17, 15) is 18.0 Å². The summed E-state index contributed by atoms with van der Waals surface area (Å²) in [7, 11) is 1.19. The first-order valence-electron chi connectivity index (χ1n) is 8.08.